The smallest absolute Gasteiger partial charge is 0.0577 e. The lowest BCUT2D eigenvalue weighted by molar-refractivity contribution is -0.0171. The van der Waals surface area contributed by atoms with Crippen molar-refractivity contribution in [3.05, 3.63) is 0 Å². The second-order valence-corrected chi connectivity index (χ2v) is 4.15. The van der Waals surface area contributed by atoms with E-state index in [0.29, 0.717) is 12.1 Å². The van der Waals surface area contributed by atoms with Crippen molar-refractivity contribution < 1.29 is 4.74 Å². The molecule has 2 nitrogen and oxygen atoms in total. The quantitative estimate of drug-likeness (QED) is 0.694. The second kappa shape index (κ2) is 4.24. The molecule has 0 heterocycles. The zero-order valence-electron chi connectivity index (χ0n) is 8.63. The minimum atomic E-state index is 0.532. The van der Waals surface area contributed by atoms with E-state index >= 15 is 0 Å². The first kappa shape index (κ1) is 10.0. The van der Waals surface area contributed by atoms with Crippen LogP contribution in [0.25, 0.3) is 0 Å². The summed E-state index contributed by atoms with van der Waals surface area (Å²) in [6.07, 6.45) is 3.00. The number of methoxy groups -OCH3 is 1. The van der Waals surface area contributed by atoms with E-state index in [9.17, 15) is 0 Å². The van der Waals surface area contributed by atoms with E-state index in [-0.39, 0.29) is 0 Å². The Bertz CT molecular complexity index is 130. The summed E-state index contributed by atoms with van der Waals surface area (Å²) in [5.41, 5.74) is 0. The first-order valence-electron chi connectivity index (χ1n) is 4.89. The lowest BCUT2D eigenvalue weighted by Crippen LogP contribution is -2.46. The van der Waals surface area contributed by atoms with Gasteiger partial charge in [0.1, 0.15) is 0 Å². The molecule has 0 aliphatic heterocycles. The van der Waals surface area contributed by atoms with Crippen LogP contribution in [0.4, 0.5) is 0 Å². The third-order valence-corrected chi connectivity index (χ3v) is 3.02. The molecule has 1 atom stereocenters. The lowest BCUT2D eigenvalue weighted by Gasteiger charge is -2.41. The van der Waals surface area contributed by atoms with Crippen LogP contribution in [0.2, 0.25) is 0 Å². The largest absolute Gasteiger partial charge is 0.381 e. The minimum absolute atomic E-state index is 0.532. The van der Waals surface area contributed by atoms with Crippen LogP contribution in [0.15, 0.2) is 0 Å². The van der Waals surface area contributed by atoms with Crippen LogP contribution in [-0.4, -0.2) is 26.3 Å². The van der Waals surface area contributed by atoms with E-state index < -0.39 is 0 Å². The maximum absolute atomic E-state index is 5.26. The summed E-state index contributed by atoms with van der Waals surface area (Å²) in [4.78, 5) is 0. The van der Waals surface area contributed by atoms with Gasteiger partial charge in [-0.25, -0.2) is 0 Å². The van der Waals surface area contributed by atoms with Gasteiger partial charge in [-0.1, -0.05) is 13.8 Å². The average molecular weight is 171 g/mol. The van der Waals surface area contributed by atoms with Crippen molar-refractivity contribution in [2.24, 2.45) is 11.8 Å². The van der Waals surface area contributed by atoms with Crippen LogP contribution in [0.3, 0.4) is 0 Å². The molecule has 0 bridgehead atoms. The van der Waals surface area contributed by atoms with Gasteiger partial charge in [0, 0.05) is 13.2 Å². The van der Waals surface area contributed by atoms with Crippen molar-refractivity contribution in [1.82, 2.24) is 5.32 Å². The van der Waals surface area contributed by atoms with Crippen molar-refractivity contribution in [3.63, 3.8) is 0 Å². The van der Waals surface area contributed by atoms with Gasteiger partial charge in [0.05, 0.1) is 6.10 Å². The fraction of sp³-hybridized carbons (Fsp3) is 1.00. The molecule has 0 aromatic carbocycles. The predicted octanol–water partition coefficient (Wildman–Crippen LogP) is 1.66. The summed E-state index contributed by atoms with van der Waals surface area (Å²) in [6, 6.07) is 0.677. The molecule has 72 valence electrons. The van der Waals surface area contributed by atoms with E-state index in [4.69, 9.17) is 4.74 Å². The summed E-state index contributed by atoms with van der Waals surface area (Å²) >= 11 is 0. The van der Waals surface area contributed by atoms with Gasteiger partial charge in [0.25, 0.3) is 0 Å². The molecule has 1 unspecified atom stereocenters. The van der Waals surface area contributed by atoms with E-state index in [2.05, 4.69) is 26.2 Å². The summed E-state index contributed by atoms with van der Waals surface area (Å²) in [6.45, 7) is 4.56. The number of hydrogen-bond acceptors (Lipinski definition) is 2. The van der Waals surface area contributed by atoms with Gasteiger partial charge in [0.2, 0.25) is 0 Å². The average Bonchev–Trinajstić information content (AvgIpc) is 1.94. The Hall–Kier alpha value is -0.0800. The summed E-state index contributed by atoms with van der Waals surface area (Å²) in [5, 5.41) is 3.39. The Labute approximate surface area is 75.7 Å². The third-order valence-electron chi connectivity index (χ3n) is 3.02. The molecule has 1 rings (SSSR count). The highest BCUT2D eigenvalue weighted by atomic mass is 16.5. The van der Waals surface area contributed by atoms with Crippen LogP contribution < -0.4 is 5.32 Å². The van der Waals surface area contributed by atoms with Gasteiger partial charge in [-0.05, 0) is 31.7 Å². The van der Waals surface area contributed by atoms with E-state index in [0.717, 1.165) is 11.8 Å². The maximum atomic E-state index is 5.26. The highest BCUT2D eigenvalue weighted by Gasteiger charge is 2.35. The van der Waals surface area contributed by atoms with Crippen LogP contribution in [-0.2, 0) is 4.74 Å². The molecule has 1 aliphatic rings. The number of ether oxygens (including phenoxy) is 1. The Morgan fingerprint density at radius 1 is 1.33 bits per heavy atom. The Kier molecular flexibility index (Phi) is 3.53. The van der Waals surface area contributed by atoms with Crippen molar-refractivity contribution in [2.75, 3.05) is 14.2 Å². The zero-order chi connectivity index (χ0) is 9.14. The molecule has 1 fully saturated rings. The van der Waals surface area contributed by atoms with E-state index in [1.165, 1.54) is 12.8 Å². The van der Waals surface area contributed by atoms with E-state index in [1.54, 1.807) is 0 Å². The topological polar surface area (TPSA) is 21.3 Å². The predicted molar refractivity (Wildman–Crippen MR) is 51.2 cm³/mol. The Balaban J connectivity index is 2.29. The number of rotatable bonds is 4. The van der Waals surface area contributed by atoms with Gasteiger partial charge in [0.15, 0.2) is 0 Å². The molecule has 0 radical (unpaired) electrons. The zero-order valence-corrected chi connectivity index (χ0v) is 8.63. The Morgan fingerprint density at radius 3 is 2.25 bits per heavy atom. The van der Waals surface area contributed by atoms with Gasteiger partial charge in [-0.2, -0.15) is 0 Å². The highest BCUT2D eigenvalue weighted by Crippen LogP contribution is 2.34. The van der Waals surface area contributed by atoms with Crippen LogP contribution in [0.5, 0.6) is 0 Å². The van der Waals surface area contributed by atoms with Crippen LogP contribution in [0.1, 0.15) is 26.7 Å². The van der Waals surface area contributed by atoms with Gasteiger partial charge < -0.3 is 10.1 Å². The molecular formula is C10H21NO. The second-order valence-electron chi connectivity index (χ2n) is 4.15. The molecule has 1 aliphatic carbocycles. The lowest BCUT2D eigenvalue weighted by atomic mass is 9.74. The molecule has 0 saturated heterocycles. The highest BCUT2D eigenvalue weighted by molar-refractivity contribution is 4.89. The fourth-order valence-electron chi connectivity index (χ4n) is 2.21. The number of hydrogen-bond donors (Lipinski definition) is 1. The van der Waals surface area contributed by atoms with E-state index in [1.807, 2.05) is 7.11 Å². The molecule has 2 heteroatoms. The molecule has 1 N–H and O–H groups in total. The van der Waals surface area contributed by atoms with Crippen molar-refractivity contribution in [1.29, 1.82) is 0 Å². The molecule has 0 aromatic rings. The standard InChI is InChI=1S/C10H21NO/c1-7(2)10(11-3)8-5-9(6-8)12-4/h7-11H,5-6H2,1-4H3. The van der Waals surface area contributed by atoms with Crippen LogP contribution >= 0.6 is 0 Å². The monoisotopic (exact) mass is 171 g/mol. The first-order chi connectivity index (χ1) is 5.69. The molecule has 1 saturated carbocycles. The molecule has 0 amide bonds. The van der Waals surface area contributed by atoms with Gasteiger partial charge in [-0.15, -0.1) is 0 Å². The molecule has 0 spiro atoms. The SMILES string of the molecule is CNC(C(C)C)C1CC(OC)C1. The van der Waals surface area contributed by atoms with Gasteiger partial charge >= 0.3 is 0 Å². The summed E-state index contributed by atoms with van der Waals surface area (Å²) in [5.74, 6) is 1.57. The number of nitrogens with one attached hydrogen (secondary N) is 1. The normalized spacial score (nSPS) is 31.8. The van der Waals surface area contributed by atoms with Crippen molar-refractivity contribution in [2.45, 2.75) is 38.8 Å². The molecular weight excluding hydrogens is 150 g/mol. The third kappa shape index (κ3) is 1.99. The molecule has 0 aromatic heterocycles. The van der Waals surface area contributed by atoms with Crippen molar-refractivity contribution >= 4 is 0 Å². The Morgan fingerprint density at radius 2 is 1.92 bits per heavy atom. The van der Waals surface area contributed by atoms with Crippen molar-refractivity contribution in [3.8, 4) is 0 Å². The minimum Gasteiger partial charge on any atom is -0.381 e. The fourth-order valence-corrected chi connectivity index (χ4v) is 2.21. The summed E-state index contributed by atoms with van der Waals surface area (Å²) < 4.78 is 5.26. The van der Waals surface area contributed by atoms with Gasteiger partial charge in [-0.3, -0.25) is 0 Å². The summed E-state index contributed by atoms with van der Waals surface area (Å²) in [7, 11) is 3.87. The first-order valence-corrected chi connectivity index (χ1v) is 4.89. The molecule has 12 heavy (non-hydrogen) atoms. The van der Waals surface area contributed by atoms with Crippen LogP contribution in [0, 0.1) is 11.8 Å². The maximum Gasteiger partial charge on any atom is 0.0577 e.